The van der Waals surface area contributed by atoms with Gasteiger partial charge in [0.1, 0.15) is 0 Å². The van der Waals surface area contributed by atoms with Gasteiger partial charge < -0.3 is 25.4 Å². The summed E-state index contributed by atoms with van der Waals surface area (Å²) < 4.78 is 10.9. The van der Waals surface area contributed by atoms with Gasteiger partial charge in [0.15, 0.2) is 11.5 Å². The van der Waals surface area contributed by atoms with E-state index in [0.717, 1.165) is 66.4 Å². The summed E-state index contributed by atoms with van der Waals surface area (Å²) in [6.45, 7) is 9.10. The first-order chi connectivity index (χ1) is 15.7. The first-order valence-corrected chi connectivity index (χ1v) is 11.2. The van der Waals surface area contributed by atoms with Gasteiger partial charge in [-0.3, -0.25) is 0 Å². The lowest BCUT2D eigenvalue weighted by atomic mass is 10.1. The van der Waals surface area contributed by atoms with E-state index in [1.54, 1.807) is 6.20 Å². The maximum absolute atomic E-state index is 5.47. The van der Waals surface area contributed by atoms with E-state index >= 15 is 0 Å². The fraction of sp³-hybridized carbons (Fsp3) is 0.360. The van der Waals surface area contributed by atoms with Crippen LogP contribution in [0.3, 0.4) is 0 Å². The Hall–Kier alpha value is -3.32. The van der Waals surface area contributed by atoms with E-state index in [2.05, 4.69) is 51.8 Å². The number of ether oxygens (including phenoxy) is 2. The molecular weight excluding hydrogens is 402 g/mol. The minimum absolute atomic E-state index is 0.256. The molecule has 3 heterocycles. The van der Waals surface area contributed by atoms with Crippen molar-refractivity contribution in [2.24, 2.45) is 0 Å². The van der Waals surface area contributed by atoms with E-state index in [1.807, 2.05) is 25.1 Å². The summed E-state index contributed by atoms with van der Waals surface area (Å²) in [6.07, 6.45) is 8.62. The van der Waals surface area contributed by atoms with Gasteiger partial charge in [-0.25, -0.2) is 9.97 Å². The zero-order valence-corrected chi connectivity index (χ0v) is 18.6. The van der Waals surface area contributed by atoms with Gasteiger partial charge in [-0.1, -0.05) is 18.7 Å². The molecule has 2 aliphatic rings. The van der Waals surface area contributed by atoms with Crippen LogP contribution in [0.25, 0.3) is 11.3 Å². The quantitative estimate of drug-likeness (QED) is 0.567. The number of rotatable bonds is 8. The number of allylic oxidation sites excluding steroid dienone is 2. The van der Waals surface area contributed by atoms with Gasteiger partial charge in [0.25, 0.3) is 0 Å². The Morgan fingerprint density at radius 1 is 1.22 bits per heavy atom. The molecule has 2 saturated heterocycles. The molecule has 0 saturated carbocycles. The van der Waals surface area contributed by atoms with Crippen LogP contribution < -0.4 is 16.0 Å². The smallest absolute Gasteiger partial charge is 0.231 e. The fourth-order valence-electron chi connectivity index (χ4n) is 3.80. The van der Waals surface area contributed by atoms with Gasteiger partial charge in [-0.05, 0) is 75.2 Å². The Labute approximate surface area is 189 Å². The molecule has 0 unspecified atom stereocenters. The molecule has 3 N–H and O–H groups in total. The zero-order chi connectivity index (χ0) is 22.2. The first kappa shape index (κ1) is 21.9. The van der Waals surface area contributed by atoms with Crippen molar-refractivity contribution in [1.82, 2.24) is 15.3 Å². The number of anilines is 2. The number of aromatic nitrogens is 2. The third-order valence-electron chi connectivity index (χ3n) is 5.52. The van der Waals surface area contributed by atoms with Gasteiger partial charge in [-0.2, -0.15) is 0 Å². The summed E-state index contributed by atoms with van der Waals surface area (Å²) in [6, 6.07) is 10.9. The molecule has 0 atom stereocenters. The topological polar surface area (TPSA) is 80.3 Å². The van der Waals surface area contributed by atoms with Gasteiger partial charge in [0.2, 0.25) is 12.7 Å². The lowest BCUT2D eigenvalue weighted by molar-refractivity contribution is 0.0975. The Kier molecular flexibility index (Phi) is 7.40. The molecule has 0 radical (unpaired) electrons. The number of nitrogens with one attached hydrogen (secondary N) is 3. The second-order valence-electron chi connectivity index (χ2n) is 7.92. The summed E-state index contributed by atoms with van der Waals surface area (Å²) in [7, 11) is 0. The van der Waals surface area contributed by atoms with Crippen LogP contribution in [-0.2, 0) is 9.47 Å². The van der Waals surface area contributed by atoms with Crippen LogP contribution in [0.1, 0.15) is 26.2 Å². The van der Waals surface area contributed by atoms with Crippen molar-refractivity contribution in [3.63, 3.8) is 0 Å². The van der Waals surface area contributed by atoms with E-state index < -0.39 is 0 Å². The molecule has 1 aromatic carbocycles. The van der Waals surface area contributed by atoms with Crippen molar-refractivity contribution < 1.29 is 9.47 Å². The number of hydrogen-bond donors (Lipinski definition) is 3. The molecule has 0 amide bonds. The normalized spacial score (nSPS) is 18.9. The van der Waals surface area contributed by atoms with Crippen LogP contribution in [0.2, 0.25) is 0 Å². The summed E-state index contributed by atoms with van der Waals surface area (Å²) in [4.78, 5) is 9.06. The monoisotopic (exact) mass is 433 g/mol. The Balaban J connectivity index is 1.34. The number of benzene rings is 1. The molecule has 7 nitrogen and oxygen atoms in total. The van der Waals surface area contributed by atoms with E-state index in [0.29, 0.717) is 18.5 Å². The minimum Gasteiger partial charge on any atom is -0.454 e. The summed E-state index contributed by atoms with van der Waals surface area (Å²) >= 11 is 0. The number of hydrogen-bond acceptors (Lipinski definition) is 7. The lowest BCUT2D eigenvalue weighted by Crippen LogP contribution is -2.35. The Bertz CT molecular complexity index is 995. The largest absolute Gasteiger partial charge is 0.454 e. The van der Waals surface area contributed by atoms with Crippen LogP contribution in [0, 0.1) is 0 Å². The van der Waals surface area contributed by atoms with Crippen molar-refractivity contribution in [3.05, 3.63) is 72.4 Å². The van der Waals surface area contributed by atoms with Crippen LogP contribution in [0.15, 0.2) is 72.4 Å². The van der Waals surface area contributed by atoms with Crippen molar-refractivity contribution >= 4 is 11.6 Å². The predicted molar refractivity (Wildman–Crippen MR) is 128 cm³/mol. The van der Waals surface area contributed by atoms with E-state index in [-0.39, 0.29) is 6.79 Å². The second-order valence-corrected chi connectivity index (χ2v) is 7.92. The molecule has 0 aliphatic carbocycles. The maximum Gasteiger partial charge on any atom is 0.231 e. The number of nitrogens with zero attached hydrogens (tertiary/aromatic N) is 2. The summed E-state index contributed by atoms with van der Waals surface area (Å²) in [5.41, 5.74) is 4.04. The average Bonchev–Trinajstić information content (AvgIpc) is 3.27. The summed E-state index contributed by atoms with van der Waals surface area (Å²) in [5, 5.41) is 10.3. The molecule has 0 spiro atoms. The van der Waals surface area contributed by atoms with Gasteiger partial charge in [0, 0.05) is 30.0 Å². The van der Waals surface area contributed by atoms with Crippen molar-refractivity contribution in [3.8, 4) is 11.3 Å². The Morgan fingerprint density at radius 3 is 2.91 bits per heavy atom. The van der Waals surface area contributed by atoms with E-state index in [4.69, 9.17) is 14.5 Å². The van der Waals surface area contributed by atoms with Gasteiger partial charge in [0.05, 0.1) is 5.69 Å². The molecule has 168 valence electrons. The standard InChI is InChI=1S/C25H31N5O2/c1-3-23-24(32-17-31-23)15-18(2)7-13-27-25-28-14-10-22(30-25)19-5-4-6-21(16-19)29-20-8-11-26-12-9-20/h3-6,10,14-16,20,26,29H,2,7-9,11-13,17H2,1H3,(H,27,28,30)/b23-3+,24-15+. The molecule has 2 fully saturated rings. The first-order valence-electron chi connectivity index (χ1n) is 11.2. The molecule has 0 bridgehead atoms. The third-order valence-corrected chi connectivity index (χ3v) is 5.52. The highest BCUT2D eigenvalue weighted by atomic mass is 16.7. The van der Waals surface area contributed by atoms with Crippen molar-refractivity contribution in [2.45, 2.75) is 32.2 Å². The summed E-state index contributed by atoms with van der Waals surface area (Å²) in [5.74, 6) is 2.09. The molecule has 7 heteroatoms. The number of piperidine rings is 1. The minimum atomic E-state index is 0.256. The zero-order valence-electron chi connectivity index (χ0n) is 18.6. The second kappa shape index (κ2) is 10.8. The highest BCUT2D eigenvalue weighted by Gasteiger charge is 2.15. The van der Waals surface area contributed by atoms with Gasteiger partial charge >= 0.3 is 0 Å². The van der Waals surface area contributed by atoms with Crippen molar-refractivity contribution in [1.29, 1.82) is 0 Å². The highest BCUT2D eigenvalue weighted by Crippen LogP contribution is 2.24. The van der Waals surface area contributed by atoms with E-state index in [9.17, 15) is 0 Å². The SMILES string of the molecule is C=C(/C=C1/OCO/C1=C/C)CCNc1nccc(-c2cccc(NC3CCNCC3)c2)n1. The van der Waals surface area contributed by atoms with Crippen LogP contribution >= 0.6 is 0 Å². The molecule has 2 aromatic rings. The highest BCUT2D eigenvalue weighted by molar-refractivity contribution is 5.65. The van der Waals surface area contributed by atoms with Crippen LogP contribution in [0.5, 0.6) is 0 Å². The molecule has 2 aliphatic heterocycles. The molecule has 1 aromatic heterocycles. The van der Waals surface area contributed by atoms with Crippen molar-refractivity contribution in [2.75, 3.05) is 37.1 Å². The lowest BCUT2D eigenvalue weighted by Gasteiger charge is -2.24. The molecular formula is C25H31N5O2. The average molecular weight is 434 g/mol. The molecule has 32 heavy (non-hydrogen) atoms. The van der Waals surface area contributed by atoms with Crippen LogP contribution in [-0.4, -0.2) is 42.4 Å². The predicted octanol–water partition coefficient (Wildman–Crippen LogP) is 4.46. The maximum atomic E-state index is 5.47. The fourth-order valence-corrected chi connectivity index (χ4v) is 3.80. The Morgan fingerprint density at radius 2 is 2.06 bits per heavy atom. The van der Waals surface area contributed by atoms with Gasteiger partial charge in [-0.15, -0.1) is 0 Å². The molecule has 4 rings (SSSR count). The van der Waals surface area contributed by atoms with Crippen LogP contribution in [0.4, 0.5) is 11.6 Å². The third kappa shape index (κ3) is 5.88. The van der Waals surface area contributed by atoms with E-state index in [1.165, 1.54) is 0 Å².